The van der Waals surface area contributed by atoms with E-state index in [1.165, 1.54) is 13.2 Å². The summed E-state index contributed by atoms with van der Waals surface area (Å²) < 4.78 is 34.8. The molecular weight excluding hydrogens is 547 g/mol. The number of ether oxygens (including phenoxy) is 2. The number of carbonyl (C=O) groups is 3. The van der Waals surface area contributed by atoms with Crippen molar-refractivity contribution in [2.24, 2.45) is 16.1 Å². The van der Waals surface area contributed by atoms with Crippen LogP contribution in [0.25, 0.3) is 0 Å². The molecule has 0 bridgehead atoms. The summed E-state index contributed by atoms with van der Waals surface area (Å²) in [5, 5.41) is 2.46. The van der Waals surface area contributed by atoms with Crippen molar-refractivity contribution in [2.45, 2.75) is 58.7 Å². The zero-order valence-corrected chi connectivity index (χ0v) is 24.9. The molecule has 15 heteroatoms. The SMILES string of the molecule is COC(COP(=O)(NCC(=O)OC(C)C)OCCSC(=O)C(C)(C)C)CC(Cl)N(C)/C=C\C(N)=NC=O. The highest BCUT2D eigenvalue weighted by molar-refractivity contribution is 8.13. The van der Waals surface area contributed by atoms with Gasteiger partial charge in [0.05, 0.1) is 25.4 Å². The van der Waals surface area contributed by atoms with Crippen LogP contribution < -0.4 is 10.8 Å². The molecule has 0 aliphatic carbocycles. The predicted molar refractivity (Wildman–Crippen MR) is 145 cm³/mol. The van der Waals surface area contributed by atoms with E-state index in [-0.39, 0.29) is 42.4 Å². The van der Waals surface area contributed by atoms with Gasteiger partial charge in [0.15, 0.2) is 5.12 Å². The first-order valence-corrected chi connectivity index (χ1v) is 14.4. The average molecular weight is 587 g/mol. The van der Waals surface area contributed by atoms with E-state index in [2.05, 4.69) is 10.1 Å². The Morgan fingerprint density at radius 1 is 1.27 bits per heavy atom. The average Bonchev–Trinajstić information content (AvgIpc) is 2.80. The molecule has 0 aromatic heterocycles. The van der Waals surface area contributed by atoms with Crippen LogP contribution in [0, 0.1) is 5.41 Å². The number of methoxy groups -OCH3 is 1. The Labute approximate surface area is 228 Å². The second kappa shape index (κ2) is 17.9. The fourth-order valence-corrected chi connectivity index (χ4v) is 4.74. The number of amides is 1. The Balaban J connectivity index is 5.14. The zero-order valence-electron chi connectivity index (χ0n) is 22.5. The lowest BCUT2D eigenvalue weighted by Gasteiger charge is -2.26. The molecule has 3 atom stereocenters. The minimum Gasteiger partial charge on any atom is -0.462 e. The summed E-state index contributed by atoms with van der Waals surface area (Å²) in [6.45, 7) is 8.13. The Morgan fingerprint density at radius 3 is 2.46 bits per heavy atom. The van der Waals surface area contributed by atoms with Gasteiger partial charge in [0.25, 0.3) is 0 Å². The molecule has 3 N–H and O–H groups in total. The van der Waals surface area contributed by atoms with Gasteiger partial charge in [0, 0.05) is 37.9 Å². The maximum Gasteiger partial charge on any atom is 0.406 e. The van der Waals surface area contributed by atoms with Crippen molar-refractivity contribution >= 4 is 54.4 Å². The van der Waals surface area contributed by atoms with Crippen LogP contribution in [-0.2, 0) is 37.5 Å². The highest BCUT2D eigenvalue weighted by atomic mass is 35.5. The van der Waals surface area contributed by atoms with Gasteiger partial charge in [-0.1, -0.05) is 44.1 Å². The first-order valence-electron chi connectivity index (χ1n) is 11.5. The second-order valence-corrected chi connectivity index (χ2v) is 12.5. The third kappa shape index (κ3) is 16.9. The quantitative estimate of drug-likeness (QED) is 0.0354. The molecule has 0 radical (unpaired) electrons. The van der Waals surface area contributed by atoms with E-state index in [9.17, 15) is 18.9 Å². The standard InChI is InChI=1S/C22H40ClN4O8PS/c1-16(2)35-20(29)13-26-36(31,33-10-11-37-21(30)22(3,4)5)34-14-17(32-7)12-18(23)27(6)9-8-19(24)25-15-28/h8-9,15-18H,10-14H2,1-7H3,(H,26,31)(H2,24,25,28)/b9-8-. The van der Waals surface area contributed by atoms with Crippen LogP contribution in [0.1, 0.15) is 41.0 Å². The number of alkyl halides is 1. The normalized spacial score (nSPS) is 15.9. The molecule has 37 heavy (non-hydrogen) atoms. The van der Waals surface area contributed by atoms with E-state index in [1.54, 1.807) is 52.8 Å². The van der Waals surface area contributed by atoms with Crippen molar-refractivity contribution in [3.63, 3.8) is 0 Å². The van der Waals surface area contributed by atoms with E-state index < -0.39 is 37.3 Å². The van der Waals surface area contributed by atoms with E-state index in [0.717, 1.165) is 11.8 Å². The predicted octanol–water partition coefficient (Wildman–Crippen LogP) is 2.90. The topological polar surface area (TPSA) is 159 Å². The summed E-state index contributed by atoms with van der Waals surface area (Å²) in [6.07, 6.45) is 2.58. The molecule has 0 saturated carbocycles. The van der Waals surface area contributed by atoms with Gasteiger partial charge < -0.3 is 20.1 Å². The summed E-state index contributed by atoms with van der Waals surface area (Å²) in [6, 6.07) is 0. The molecule has 0 aliphatic rings. The Morgan fingerprint density at radius 2 is 1.92 bits per heavy atom. The molecule has 0 aromatic carbocycles. The number of nitrogens with two attached hydrogens (primary N) is 1. The maximum absolute atomic E-state index is 13.3. The third-order valence-electron chi connectivity index (χ3n) is 4.32. The number of nitrogens with one attached hydrogen (secondary N) is 1. The van der Waals surface area contributed by atoms with Gasteiger partial charge in [0.2, 0.25) is 6.41 Å². The fraction of sp³-hybridized carbons (Fsp3) is 0.727. The van der Waals surface area contributed by atoms with Gasteiger partial charge in [0.1, 0.15) is 17.9 Å². The highest BCUT2D eigenvalue weighted by Crippen LogP contribution is 2.44. The molecule has 0 aliphatic heterocycles. The van der Waals surface area contributed by atoms with Crippen LogP contribution in [0.15, 0.2) is 17.3 Å². The molecule has 0 rings (SSSR count). The minimum absolute atomic E-state index is 0.0138. The number of esters is 1. The summed E-state index contributed by atoms with van der Waals surface area (Å²) in [5.41, 5.74) is 4.43. The molecule has 0 fully saturated rings. The Hall–Kier alpha value is -1.47. The zero-order chi connectivity index (χ0) is 28.6. The molecular formula is C22H40ClN4O8PS. The number of aliphatic imine (C=N–C) groups is 1. The Kier molecular flexibility index (Phi) is 17.2. The number of rotatable bonds is 18. The smallest absolute Gasteiger partial charge is 0.406 e. The number of amidine groups is 1. The van der Waals surface area contributed by atoms with Crippen LogP contribution in [0.3, 0.4) is 0 Å². The molecule has 1 amide bonds. The van der Waals surface area contributed by atoms with E-state index >= 15 is 0 Å². The van der Waals surface area contributed by atoms with Gasteiger partial charge in [-0.05, 0) is 19.9 Å². The first-order chi connectivity index (χ1) is 17.1. The van der Waals surface area contributed by atoms with Gasteiger partial charge in [-0.2, -0.15) is 4.99 Å². The molecule has 214 valence electrons. The fourth-order valence-electron chi connectivity index (χ4n) is 2.29. The van der Waals surface area contributed by atoms with Crippen molar-refractivity contribution in [1.29, 1.82) is 0 Å². The van der Waals surface area contributed by atoms with Crippen molar-refractivity contribution < 1.29 is 37.5 Å². The minimum atomic E-state index is -3.98. The third-order valence-corrected chi connectivity index (χ3v) is 7.61. The molecule has 0 saturated heterocycles. The Bertz CT molecular complexity index is 838. The van der Waals surface area contributed by atoms with Crippen LogP contribution in [-0.4, -0.2) is 85.6 Å². The number of thioether (sulfide) groups is 1. The number of hydrogen-bond acceptors (Lipinski definition) is 10. The van der Waals surface area contributed by atoms with E-state index in [1.807, 2.05) is 0 Å². The molecule has 0 aromatic rings. The summed E-state index contributed by atoms with van der Waals surface area (Å²) in [4.78, 5) is 39.4. The van der Waals surface area contributed by atoms with E-state index in [0.29, 0.717) is 6.41 Å². The van der Waals surface area contributed by atoms with Crippen LogP contribution in [0.5, 0.6) is 0 Å². The molecule has 0 spiro atoms. The first kappa shape index (κ1) is 35.5. The maximum atomic E-state index is 13.3. The highest BCUT2D eigenvalue weighted by Gasteiger charge is 2.29. The lowest BCUT2D eigenvalue weighted by molar-refractivity contribution is -0.146. The summed E-state index contributed by atoms with van der Waals surface area (Å²) >= 11 is 7.47. The van der Waals surface area contributed by atoms with Crippen molar-refractivity contribution in [3.8, 4) is 0 Å². The number of nitrogens with zero attached hydrogens (tertiary/aromatic N) is 2. The van der Waals surface area contributed by atoms with Crippen LogP contribution in [0.2, 0.25) is 0 Å². The van der Waals surface area contributed by atoms with Crippen LogP contribution in [0.4, 0.5) is 0 Å². The van der Waals surface area contributed by atoms with Crippen molar-refractivity contribution in [1.82, 2.24) is 9.99 Å². The van der Waals surface area contributed by atoms with Gasteiger partial charge in [-0.25, -0.2) is 9.65 Å². The summed E-state index contributed by atoms with van der Waals surface area (Å²) in [5.74, 6) is -0.373. The summed E-state index contributed by atoms with van der Waals surface area (Å²) in [7, 11) is -0.853. The number of hydrogen-bond donors (Lipinski definition) is 2. The largest absolute Gasteiger partial charge is 0.462 e. The lowest BCUT2D eigenvalue weighted by atomic mass is 10.00. The van der Waals surface area contributed by atoms with Gasteiger partial charge in [-0.15, -0.1) is 0 Å². The lowest BCUT2D eigenvalue weighted by Crippen LogP contribution is -2.31. The van der Waals surface area contributed by atoms with Gasteiger partial charge >= 0.3 is 13.7 Å². The molecule has 12 nitrogen and oxygen atoms in total. The van der Waals surface area contributed by atoms with Crippen LogP contribution >= 0.6 is 31.1 Å². The molecule has 3 unspecified atom stereocenters. The molecule has 0 heterocycles. The number of halogens is 1. The second-order valence-electron chi connectivity index (χ2n) is 9.05. The van der Waals surface area contributed by atoms with Crippen molar-refractivity contribution in [3.05, 3.63) is 12.3 Å². The monoisotopic (exact) mass is 586 g/mol. The van der Waals surface area contributed by atoms with E-state index in [4.69, 9.17) is 35.9 Å². The van der Waals surface area contributed by atoms with Crippen molar-refractivity contribution in [2.75, 3.05) is 39.7 Å². The van der Waals surface area contributed by atoms with Gasteiger partial charge in [-0.3, -0.25) is 23.4 Å². The number of carbonyl (C=O) groups excluding carboxylic acids is 3.